The molecule has 2 aromatic carbocycles. The summed E-state index contributed by atoms with van der Waals surface area (Å²) in [5, 5.41) is 12.8. The number of pyridine rings is 1. The third-order valence-electron chi connectivity index (χ3n) is 5.55. The molecule has 0 fully saturated rings. The molecule has 0 aliphatic rings. The zero-order valence-corrected chi connectivity index (χ0v) is 21.3. The van der Waals surface area contributed by atoms with Crippen LogP contribution in [-0.4, -0.2) is 43.1 Å². The summed E-state index contributed by atoms with van der Waals surface area (Å²) >= 11 is 1.06. The van der Waals surface area contributed by atoms with Crippen LogP contribution in [0.3, 0.4) is 0 Å². The summed E-state index contributed by atoms with van der Waals surface area (Å²) in [6.07, 6.45) is 0. The fourth-order valence-electron chi connectivity index (χ4n) is 3.80. The van der Waals surface area contributed by atoms with Crippen LogP contribution in [0, 0.1) is 11.3 Å². The Kier molecular flexibility index (Phi) is 7.60. The lowest BCUT2D eigenvalue weighted by Gasteiger charge is -2.16. The smallest absolute Gasteiger partial charge is 0.438 e. The lowest BCUT2D eigenvalue weighted by molar-refractivity contribution is -0.741. The van der Waals surface area contributed by atoms with Crippen LogP contribution < -0.4 is 24.5 Å². The van der Waals surface area contributed by atoms with Crippen LogP contribution in [0.1, 0.15) is 16.1 Å². The summed E-state index contributed by atoms with van der Waals surface area (Å²) in [5.41, 5.74) is 2.00. The van der Waals surface area contributed by atoms with Gasteiger partial charge in [0.2, 0.25) is 11.5 Å². The maximum absolute atomic E-state index is 12.8. The van der Waals surface area contributed by atoms with Crippen molar-refractivity contribution in [1.29, 1.82) is 5.26 Å². The van der Waals surface area contributed by atoms with Gasteiger partial charge >= 0.3 is 11.3 Å². The average Bonchev–Trinajstić information content (AvgIpc) is 3.28. The summed E-state index contributed by atoms with van der Waals surface area (Å²) in [7, 11) is 6.04. The van der Waals surface area contributed by atoms with Gasteiger partial charge in [-0.2, -0.15) is 5.26 Å². The minimum atomic E-state index is -0.766. The molecular weight excluding hydrogens is 496 g/mol. The molecule has 11 heteroatoms. The number of thioether (sulfide) groups is 1. The van der Waals surface area contributed by atoms with E-state index in [2.05, 4.69) is 15.9 Å². The van der Waals surface area contributed by atoms with Gasteiger partial charge in [-0.15, -0.1) is 0 Å². The molecule has 4 rings (SSSR count). The molecule has 2 aromatic heterocycles. The monoisotopic (exact) mass is 519 g/mol. The van der Waals surface area contributed by atoms with E-state index in [0.717, 1.165) is 17.3 Å². The first-order valence-corrected chi connectivity index (χ1v) is 11.9. The SMILES string of the molecule is COc1cc(-c2cc(-c3ccccc3)nc(SCC(=O)c3c(=O)o[nH][n+]3C)c2C#N)cc(OC)c1OC. The molecule has 37 heavy (non-hydrogen) atoms. The fraction of sp³-hybridized carbons (Fsp3) is 0.192. The van der Waals surface area contributed by atoms with Crippen molar-refractivity contribution in [2.24, 2.45) is 7.05 Å². The van der Waals surface area contributed by atoms with Crippen molar-refractivity contribution in [2.45, 2.75) is 5.03 Å². The number of Topliss-reactive ketones (excluding diaryl/α,β-unsaturated/α-hetero) is 1. The Morgan fingerprint density at radius 3 is 2.30 bits per heavy atom. The molecule has 0 unspecified atom stereocenters. The Morgan fingerprint density at radius 1 is 1.08 bits per heavy atom. The number of methoxy groups -OCH3 is 3. The number of hydrogen-bond acceptors (Lipinski definition) is 9. The predicted octanol–water partition coefficient (Wildman–Crippen LogP) is 3.39. The number of aromatic nitrogens is 3. The zero-order valence-electron chi connectivity index (χ0n) is 20.5. The van der Waals surface area contributed by atoms with Crippen LogP contribution in [-0.2, 0) is 7.05 Å². The Balaban J connectivity index is 1.87. The third-order valence-corrected chi connectivity index (χ3v) is 6.53. The van der Waals surface area contributed by atoms with Crippen LogP contribution in [0.15, 0.2) is 62.9 Å². The fourth-order valence-corrected chi connectivity index (χ4v) is 4.67. The molecule has 0 spiro atoms. The van der Waals surface area contributed by atoms with Crippen LogP contribution in [0.5, 0.6) is 17.2 Å². The molecule has 0 aliphatic heterocycles. The number of nitriles is 1. The number of rotatable bonds is 9. The molecule has 0 bridgehead atoms. The van der Waals surface area contributed by atoms with E-state index in [0.29, 0.717) is 39.1 Å². The highest BCUT2D eigenvalue weighted by molar-refractivity contribution is 8.00. The van der Waals surface area contributed by atoms with Gasteiger partial charge in [0.05, 0.1) is 38.3 Å². The molecule has 188 valence electrons. The maximum atomic E-state index is 12.8. The van der Waals surface area contributed by atoms with E-state index >= 15 is 0 Å². The largest absolute Gasteiger partial charge is 0.493 e. The van der Waals surface area contributed by atoms with E-state index in [4.69, 9.17) is 19.2 Å². The third kappa shape index (κ3) is 5.05. The van der Waals surface area contributed by atoms with Crippen molar-refractivity contribution < 1.29 is 28.2 Å². The van der Waals surface area contributed by atoms with Crippen molar-refractivity contribution in [2.75, 3.05) is 27.1 Å². The van der Waals surface area contributed by atoms with E-state index in [-0.39, 0.29) is 17.0 Å². The Labute approximate surface area is 216 Å². The maximum Gasteiger partial charge on any atom is 0.438 e. The topological polar surface area (TPSA) is 131 Å². The van der Waals surface area contributed by atoms with Crippen molar-refractivity contribution in [1.82, 2.24) is 10.3 Å². The Bertz CT molecular complexity index is 1530. The second-order valence-electron chi connectivity index (χ2n) is 7.73. The molecule has 2 heterocycles. The van der Waals surface area contributed by atoms with Crippen molar-refractivity contribution in [3.63, 3.8) is 0 Å². The van der Waals surface area contributed by atoms with Gasteiger partial charge in [0.1, 0.15) is 11.1 Å². The van der Waals surface area contributed by atoms with Crippen LogP contribution in [0.2, 0.25) is 0 Å². The second kappa shape index (κ2) is 11.0. The minimum absolute atomic E-state index is 0.130. The van der Waals surface area contributed by atoms with Gasteiger partial charge in [-0.05, 0) is 29.0 Å². The van der Waals surface area contributed by atoms with Gasteiger partial charge in [0, 0.05) is 11.1 Å². The van der Waals surface area contributed by atoms with Crippen LogP contribution >= 0.6 is 11.8 Å². The van der Waals surface area contributed by atoms with Crippen LogP contribution in [0.25, 0.3) is 22.4 Å². The molecule has 0 aliphatic carbocycles. The second-order valence-corrected chi connectivity index (χ2v) is 8.69. The van der Waals surface area contributed by atoms with Gasteiger partial charge in [-0.1, -0.05) is 46.8 Å². The number of benzene rings is 2. The van der Waals surface area contributed by atoms with E-state index in [1.165, 1.54) is 33.1 Å². The van der Waals surface area contributed by atoms with Crippen LogP contribution in [0.4, 0.5) is 0 Å². The van der Waals surface area contributed by atoms with Crippen molar-refractivity contribution in [3.05, 3.63) is 70.2 Å². The number of hydrogen-bond donors (Lipinski definition) is 1. The summed E-state index contributed by atoms with van der Waals surface area (Å²) in [6.45, 7) is 0. The highest BCUT2D eigenvalue weighted by Crippen LogP contribution is 2.43. The molecule has 1 N–H and O–H groups in total. The molecule has 4 aromatic rings. The molecule has 10 nitrogen and oxygen atoms in total. The van der Waals surface area contributed by atoms with Gasteiger partial charge in [-0.25, -0.2) is 9.78 Å². The van der Waals surface area contributed by atoms with Gasteiger partial charge in [0.25, 0.3) is 0 Å². The molecule has 0 amide bonds. The number of ether oxygens (including phenoxy) is 3. The lowest BCUT2D eigenvalue weighted by Crippen LogP contribution is -2.39. The van der Waals surface area contributed by atoms with E-state index in [1.54, 1.807) is 18.2 Å². The van der Waals surface area contributed by atoms with E-state index in [1.807, 2.05) is 30.3 Å². The summed E-state index contributed by atoms with van der Waals surface area (Å²) in [6, 6.07) is 17.0. The minimum Gasteiger partial charge on any atom is -0.493 e. The van der Waals surface area contributed by atoms with Gasteiger partial charge in [0.15, 0.2) is 18.5 Å². The predicted molar refractivity (Wildman–Crippen MR) is 135 cm³/mol. The number of nitrogens with zero attached hydrogens (tertiary/aromatic N) is 3. The molecule has 0 radical (unpaired) electrons. The molecular formula is C26H23N4O6S+. The number of H-pyrrole nitrogens is 1. The number of ketones is 1. The number of aromatic amines is 1. The highest BCUT2D eigenvalue weighted by Gasteiger charge is 2.27. The van der Waals surface area contributed by atoms with E-state index in [9.17, 15) is 14.9 Å². The summed E-state index contributed by atoms with van der Waals surface area (Å²) < 4.78 is 22.3. The first-order valence-electron chi connectivity index (χ1n) is 11.0. The number of nitrogens with one attached hydrogen (secondary N) is 1. The summed E-state index contributed by atoms with van der Waals surface area (Å²) in [5.74, 6) is 0.672. The zero-order chi connectivity index (χ0) is 26.5. The van der Waals surface area contributed by atoms with E-state index < -0.39 is 11.4 Å². The molecule has 0 atom stereocenters. The number of aryl methyl sites for hydroxylation is 1. The van der Waals surface area contributed by atoms with Crippen molar-refractivity contribution in [3.8, 4) is 45.7 Å². The molecule has 0 saturated carbocycles. The van der Waals surface area contributed by atoms with Gasteiger partial charge in [-0.3, -0.25) is 9.32 Å². The Hall–Kier alpha value is -4.56. The number of carbonyl (C=O) groups is 1. The highest BCUT2D eigenvalue weighted by atomic mass is 32.2. The average molecular weight is 520 g/mol. The number of carbonyl (C=O) groups excluding carboxylic acids is 1. The quantitative estimate of drug-likeness (QED) is 0.201. The van der Waals surface area contributed by atoms with Crippen molar-refractivity contribution >= 4 is 17.5 Å². The standard InChI is InChI=1S/C26H22N4O6S/c1-30-23(26(32)36-29-30)20(31)14-37-25-18(13-27)17(12-19(28-25)15-8-6-5-7-9-15)16-10-21(33-2)24(35-4)22(11-16)34-3/h5-12H,14H2,1-4H3/p+1. The first-order chi connectivity index (χ1) is 17.9. The molecule has 0 saturated heterocycles. The summed E-state index contributed by atoms with van der Waals surface area (Å²) in [4.78, 5) is 29.4. The first kappa shape index (κ1) is 25.5. The van der Waals surface area contributed by atoms with Gasteiger partial charge < -0.3 is 14.2 Å². The Morgan fingerprint density at radius 2 is 1.76 bits per heavy atom. The lowest BCUT2D eigenvalue weighted by atomic mass is 9.98. The normalized spacial score (nSPS) is 10.6.